The number of phenolic OH excluding ortho intramolecular Hbond substituents is 1. The second kappa shape index (κ2) is 6.00. The third kappa shape index (κ3) is 2.70. The van der Waals surface area contributed by atoms with Gasteiger partial charge >= 0.3 is 0 Å². The Hall–Kier alpha value is -3.02. The molecule has 0 bridgehead atoms. The van der Waals surface area contributed by atoms with Crippen molar-refractivity contribution in [3.05, 3.63) is 48.2 Å². The summed E-state index contributed by atoms with van der Waals surface area (Å²) in [5, 5.41) is 17.6. The monoisotopic (exact) mass is 311 g/mol. The van der Waals surface area contributed by atoms with Crippen LogP contribution in [0.1, 0.15) is 5.56 Å². The maximum Gasteiger partial charge on any atom is 0.163 e. The van der Waals surface area contributed by atoms with E-state index in [1.165, 1.54) is 0 Å². The van der Waals surface area contributed by atoms with Crippen LogP contribution in [0, 0.1) is 6.92 Å². The Balaban J connectivity index is 2.12. The zero-order valence-electron chi connectivity index (χ0n) is 13.1. The zero-order valence-corrected chi connectivity index (χ0v) is 13.1. The van der Waals surface area contributed by atoms with Crippen LogP contribution in [0.2, 0.25) is 0 Å². The molecule has 6 heteroatoms. The highest BCUT2D eigenvalue weighted by molar-refractivity contribution is 5.63. The van der Waals surface area contributed by atoms with Crippen LogP contribution in [0.25, 0.3) is 16.9 Å². The standard InChI is InChI=1S/C17H17N3O3/c1-11-8-13(9-16(22-2)17(11)23-3)20-15(10-18-19-20)12-4-6-14(21)7-5-12/h4-10,21H,1-3H3. The van der Waals surface area contributed by atoms with Gasteiger partial charge in [0.25, 0.3) is 0 Å². The second-order valence-electron chi connectivity index (χ2n) is 5.08. The molecule has 0 amide bonds. The number of aryl methyl sites for hydroxylation is 1. The van der Waals surface area contributed by atoms with Crippen molar-refractivity contribution in [2.24, 2.45) is 0 Å². The molecule has 0 aliphatic rings. The lowest BCUT2D eigenvalue weighted by Crippen LogP contribution is -2.02. The van der Waals surface area contributed by atoms with Crippen molar-refractivity contribution in [3.63, 3.8) is 0 Å². The van der Waals surface area contributed by atoms with Gasteiger partial charge in [0.2, 0.25) is 0 Å². The molecule has 1 heterocycles. The molecule has 1 aromatic heterocycles. The maximum atomic E-state index is 9.43. The van der Waals surface area contributed by atoms with Crippen LogP contribution in [-0.4, -0.2) is 34.3 Å². The van der Waals surface area contributed by atoms with Crippen LogP contribution >= 0.6 is 0 Å². The fraction of sp³-hybridized carbons (Fsp3) is 0.176. The Kier molecular flexibility index (Phi) is 3.89. The van der Waals surface area contributed by atoms with Gasteiger partial charge < -0.3 is 14.6 Å². The van der Waals surface area contributed by atoms with E-state index in [1.807, 2.05) is 31.2 Å². The van der Waals surface area contributed by atoms with Crippen molar-refractivity contribution in [2.45, 2.75) is 6.92 Å². The Morgan fingerprint density at radius 3 is 2.43 bits per heavy atom. The minimum absolute atomic E-state index is 0.217. The first-order valence-electron chi connectivity index (χ1n) is 7.07. The highest BCUT2D eigenvalue weighted by atomic mass is 16.5. The van der Waals surface area contributed by atoms with Crippen LogP contribution in [-0.2, 0) is 0 Å². The van der Waals surface area contributed by atoms with E-state index < -0.39 is 0 Å². The van der Waals surface area contributed by atoms with E-state index >= 15 is 0 Å². The maximum absolute atomic E-state index is 9.43. The molecule has 0 fully saturated rings. The average Bonchev–Trinajstić information content (AvgIpc) is 3.04. The molecule has 0 atom stereocenters. The van der Waals surface area contributed by atoms with Gasteiger partial charge in [-0.1, -0.05) is 5.21 Å². The number of hydrogen-bond acceptors (Lipinski definition) is 5. The van der Waals surface area contributed by atoms with Gasteiger partial charge in [-0.2, -0.15) is 0 Å². The molecule has 0 saturated carbocycles. The van der Waals surface area contributed by atoms with Crippen LogP contribution < -0.4 is 9.47 Å². The smallest absolute Gasteiger partial charge is 0.163 e. The molecular weight excluding hydrogens is 294 g/mol. The van der Waals surface area contributed by atoms with Gasteiger partial charge in [0.05, 0.1) is 31.8 Å². The molecule has 0 aliphatic heterocycles. The first-order chi connectivity index (χ1) is 11.1. The van der Waals surface area contributed by atoms with Crippen LogP contribution in [0.4, 0.5) is 0 Å². The Morgan fingerprint density at radius 2 is 1.78 bits per heavy atom. The molecule has 0 saturated heterocycles. The van der Waals surface area contributed by atoms with E-state index in [0.717, 1.165) is 22.5 Å². The van der Waals surface area contributed by atoms with Gasteiger partial charge in [0.1, 0.15) is 5.75 Å². The zero-order chi connectivity index (χ0) is 16.4. The lowest BCUT2D eigenvalue weighted by molar-refractivity contribution is 0.352. The quantitative estimate of drug-likeness (QED) is 0.802. The number of ether oxygens (including phenoxy) is 2. The Labute approximate surface area is 133 Å². The number of rotatable bonds is 4. The summed E-state index contributed by atoms with van der Waals surface area (Å²) in [6.07, 6.45) is 1.68. The molecule has 1 N–H and O–H groups in total. The number of nitrogens with zero attached hydrogens (tertiary/aromatic N) is 3. The normalized spacial score (nSPS) is 10.6. The molecule has 6 nitrogen and oxygen atoms in total. The fourth-order valence-electron chi connectivity index (χ4n) is 2.51. The van der Waals surface area contributed by atoms with Gasteiger partial charge in [-0.25, -0.2) is 4.68 Å². The number of phenols is 1. The third-order valence-electron chi connectivity index (χ3n) is 3.61. The first kappa shape index (κ1) is 14.9. The molecule has 0 radical (unpaired) electrons. The molecule has 118 valence electrons. The van der Waals surface area contributed by atoms with Gasteiger partial charge in [-0.05, 0) is 42.8 Å². The van der Waals surface area contributed by atoms with Crippen molar-refractivity contribution >= 4 is 0 Å². The number of aromatic hydroxyl groups is 1. The number of methoxy groups -OCH3 is 2. The highest BCUT2D eigenvalue weighted by Gasteiger charge is 2.14. The Morgan fingerprint density at radius 1 is 1.04 bits per heavy atom. The van der Waals surface area contributed by atoms with Crippen molar-refractivity contribution in [1.82, 2.24) is 15.0 Å². The summed E-state index contributed by atoms with van der Waals surface area (Å²) in [4.78, 5) is 0. The summed E-state index contributed by atoms with van der Waals surface area (Å²) in [7, 11) is 3.21. The van der Waals surface area contributed by atoms with E-state index in [2.05, 4.69) is 10.3 Å². The number of benzene rings is 2. The van der Waals surface area contributed by atoms with Gasteiger partial charge in [0.15, 0.2) is 11.5 Å². The lowest BCUT2D eigenvalue weighted by Gasteiger charge is -2.14. The molecule has 3 rings (SSSR count). The van der Waals surface area contributed by atoms with Gasteiger partial charge in [-0.3, -0.25) is 0 Å². The number of hydrogen-bond donors (Lipinski definition) is 1. The lowest BCUT2D eigenvalue weighted by atomic mass is 10.1. The molecule has 0 spiro atoms. The van der Waals surface area contributed by atoms with E-state index in [0.29, 0.717) is 11.5 Å². The van der Waals surface area contributed by atoms with Gasteiger partial charge in [0, 0.05) is 11.6 Å². The topological polar surface area (TPSA) is 69.4 Å². The summed E-state index contributed by atoms with van der Waals surface area (Å²) in [5.74, 6) is 1.55. The van der Waals surface area contributed by atoms with Crippen molar-refractivity contribution < 1.29 is 14.6 Å². The van der Waals surface area contributed by atoms with E-state index in [4.69, 9.17) is 9.47 Å². The van der Waals surface area contributed by atoms with Crippen LogP contribution in [0.15, 0.2) is 42.6 Å². The predicted molar refractivity (Wildman–Crippen MR) is 86.3 cm³/mol. The van der Waals surface area contributed by atoms with Crippen molar-refractivity contribution in [2.75, 3.05) is 14.2 Å². The van der Waals surface area contributed by atoms with Crippen molar-refractivity contribution in [1.29, 1.82) is 0 Å². The van der Waals surface area contributed by atoms with Crippen molar-refractivity contribution in [3.8, 4) is 34.2 Å². The van der Waals surface area contributed by atoms with E-state index in [-0.39, 0.29) is 5.75 Å². The summed E-state index contributed by atoms with van der Waals surface area (Å²) >= 11 is 0. The summed E-state index contributed by atoms with van der Waals surface area (Å²) < 4.78 is 12.5. The van der Waals surface area contributed by atoms with E-state index in [9.17, 15) is 5.11 Å². The molecule has 0 aliphatic carbocycles. The molecule has 23 heavy (non-hydrogen) atoms. The van der Waals surface area contributed by atoms with E-state index in [1.54, 1.807) is 37.2 Å². The average molecular weight is 311 g/mol. The number of aromatic nitrogens is 3. The molecule has 0 unspecified atom stereocenters. The molecule has 3 aromatic rings. The minimum Gasteiger partial charge on any atom is -0.508 e. The summed E-state index contributed by atoms with van der Waals surface area (Å²) in [5.41, 5.74) is 3.48. The largest absolute Gasteiger partial charge is 0.508 e. The SMILES string of the molecule is COc1cc(-n2nncc2-c2ccc(O)cc2)cc(C)c1OC. The second-order valence-corrected chi connectivity index (χ2v) is 5.08. The first-order valence-corrected chi connectivity index (χ1v) is 7.07. The minimum atomic E-state index is 0.217. The summed E-state index contributed by atoms with van der Waals surface area (Å²) in [6.45, 7) is 1.95. The molecule has 2 aromatic carbocycles. The van der Waals surface area contributed by atoms with Gasteiger partial charge in [-0.15, -0.1) is 5.10 Å². The predicted octanol–water partition coefficient (Wildman–Crippen LogP) is 2.97. The third-order valence-corrected chi connectivity index (χ3v) is 3.61. The highest BCUT2D eigenvalue weighted by Crippen LogP contribution is 2.34. The van der Waals surface area contributed by atoms with Crippen LogP contribution in [0.5, 0.6) is 17.2 Å². The fourth-order valence-corrected chi connectivity index (χ4v) is 2.51. The van der Waals surface area contributed by atoms with Crippen LogP contribution in [0.3, 0.4) is 0 Å². The molecular formula is C17H17N3O3. The Bertz CT molecular complexity index is 826. The summed E-state index contributed by atoms with van der Waals surface area (Å²) in [6, 6.07) is 10.7.